The van der Waals surface area contributed by atoms with E-state index in [2.05, 4.69) is 10.6 Å². The van der Waals surface area contributed by atoms with Crippen LogP contribution in [0.4, 0.5) is 4.79 Å². The van der Waals surface area contributed by atoms with Gasteiger partial charge >= 0.3 is 18.0 Å². The first-order chi connectivity index (χ1) is 8.23. The standard InChI is InChI=1S/C11H20N2O5/c1-6(2)7(3)5-12-11(18)13-8(10(16)17)4-9(14)15/h6-8H,4-5H2,1-3H3,(H,14,15)(H,16,17)(H2,12,13,18)/t7?,8-/m1/s1. The Morgan fingerprint density at radius 2 is 1.67 bits per heavy atom. The average Bonchev–Trinajstić information content (AvgIpc) is 2.23. The average molecular weight is 260 g/mol. The molecule has 0 fully saturated rings. The number of urea groups is 1. The van der Waals surface area contributed by atoms with Gasteiger partial charge in [-0.25, -0.2) is 9.59 Å². The number of carbonyl (C=O) groups is 3. The Labute approximate surface area is 106 Å². The molecule has 0 heterocycles. The summed E-state index contributed by atoms with van der Waals surface area (Å²) in [5.74, 6) is -2.01. The van der Waals surface area contributed by atoms with Crippen LogP contribution in [0.15, 0.2) is 0 Å². The number of hydrogen-bond donors (Lipinski definition) is 4. The number of hydrogen-bond acceptors (Lipinski definition) is 3. The van der Waals surface area contributed by atoms with Gasteiger partial charge < -0.3 is 20.8 Å². The van der Waals surface area contributed by atoms with Crippen molar-refractivity contribution in [1.82, 2.24) is 10.6 Å². The molecule has 18 heavy (non-hydrogen) atoms. The van der Waals surface area contributed by atoms with E-state index >= 15 is 0 Å². The van der Waals surface area contributed by atoms with Crippen LogP contribution in [0.5, 0.6) is 0 Å². The predicted octanol–water partition coefficient (Wildman–Crippen LogP) is 0.506. The first-order valence-corrected chi connectivity index (χ1v) is 5.73. The fraction of sp³-hybridized carbons (Fsp3) is 0.727. The number of aliphatic carboxylic acids is 2. The molecular weight excluding hydrogens is 240 g/mol. The van der Waals surface area contributed by atoms with Crippen LogP contribution < -0.4 is 10.6 Å². The summed E-state index contributed by atoms with van der Waals surface area (Å²) < 4.78 is 0. The van der Waals surface area contributed by atoms with Crippen molar-refractivity contribution in [2.24, 2.45) is 11.8 Å². The zero-order valence-electron chi connectivity index (χ0n) is 10.8. The van der Waals surface area contributed by atoms with Crippen molar-refractivity contribution in [2.75, 3.05) is 6.54 Å². The van der Waals surface area contributed by atoms with Gasteiger partial charge in [0.15, 0.2) is 0 Å². The van der Waals surface area contributed by atoms with Crippen LogP contribution in [0, 0.1) is 11.8 Å². The minimum absolute atomic E-state index is 0.249. The number of carbonyl (C=O) groups excluding carboxylic acids is 1. The lowest BCUT2D eigenvalue weighted by Crippen LogP contribution is -2.48. The van der Waals surface area contributed by atoms with Crippen molar-refractivity contribution >= 4 is 18.0 Å². The molecule has 0 rings (SSSR count). The fourth-order valence-electron chi connectivity index (χ4n) is 1.07. The summed E-state index contributed by atoms with van der Waals surface area (Å²) in [6.45, 7) is 6.38. The molecule has 0 saturated heterocycles. The minimum atomic E-state index is -1.42. The molecule has 0 bridgehead atoms. The maximum atomic E-state index is 11.4. The highest BCUT2D eigenvalue weighted by molar-refractivity contribution is 5.86. The van der Waals surface area contributed by atoms with Gasteiger partial charge in [-0.3, -0.25) is 4.79 Å². The van der Waals surface area contributed by atoms with Crippen LogP contribution in [-0.2, 0) is 9.59 Å². The van der Waals surface area contributed by atoms with E-state index in [1.807, 2.05) is 20.8 Å². The zero-order valence-corrected chi connectivity index (χ0v) is 10.8. The molecule has 0 aromatic rings. The quantitative estimate of drug-likeness (QED) is 0.532. The second-order valence-corrected chi connectivity index (χ2v) is 4.56. The number of nitrogens with one attached hydrogen (secondary N) is 2. The molecule has 0 aromatic heterocycles. The van der Waals surface area contributed by atoms with Crippen molar-refractivity contribution < 1.29 is 24.6 Å². The Morgan fingerprint density at radius 1 is 1.11 bits per heavy atom. The Morgan fingerprint density at radius 3 is 2.06 bits per heavy atom. The van der Waals surface area contributed by atoms with Gasteiger partial charge in [0.05, 0.1) is 6.42 Å². The molecule has 0 aliphatic rings. The Hall–Kier alpha value is -1.79. The summed E-state index contributed by atoms with van der Waals surface area (Å²) in [6.07, 6.45) is -0.650. The van der Waals surface area contributed by atoms with Crippen LogP contribution in [0.1, 0.15) is 27.2 Å². The smallest absolute Gasteiger partial charge is 0.326 e. The normalized spacial score (nSPS) is 13.8. The van der Waals surface area contributed by atoms with E-state index < -0.39 is 30.4 Å². The highest BCUT2D eigenvalue weighted by atomic mass is 16.4. The molecule has 0 spiro atoms. The third-order valence-electron chi connectivity index (χ3n) is 2.70. The largest absolute Gasteiger partial charge is 0.481 e. The third-order valence-corrected chi connectivity index (χ3v) is 2.70. The molecule has 0 aliphatic carbocycles. The summed E-state index contributed by atoms with van der Waals surface area (Å²) in [6, 6.07) is -2.09. The van der Waals surface area contributed by atoms with Gasteiger partial charge in [-0.15, -0.1) is 0 Å². The lowest BCUT2D eigenvalue weighted by atomic mass is 9.98. The molecular formula is C11H20N2O5. The van der Waals surface area contributed by atoms with Gasteiger partial charge in [-0.05, 0) is 11.8 Å². The molecule has 0 aliphatic heterocycles. The lowest BCUT2D eigenvalue weighted by molar-refractivity contribution is -0.145. The highest BCUT2D eigenvalue weighted by Gasteiger charge is 2.23. The van der Waals surface area contributed by atoms with Gasteiger partial charge in [0, 0.05) is 6.54 Å². The summed E-state index contributed by atoms with van der Waals surface area (Å²) in [7, 11) is 0. The third kappa shape index (κ3) is 6.72. The SMILES string of the molecule is CC(C)C(C)CNC(=O)N[C@H](CC(=O)O)C(=O)O. The Bertz CT molecular complexity index is 317. The van der Waals surface area contributed by atoms with Crippen LogP contribution in [-0.4, -0.2) is 40.8 Å². The van der Waals surface area contributed by atoms with Crippen molar-refractivity contribution in [3.63, 3.8) is 0 Å². The van der Waals surface area contributed by atoms with Crippen molar-refractivity contribution in [3.05, 3.63) is 0 Å². The maximum Gasteiger partial charge on any atom is 0.326 e. The lowest BCUT2D eigenvalue weighted by Gasteiger charge is -2.18. The molecule has 0 aromatic carbocycles. The summed E-state index contributed by atoms with van der Waals surface area (Å²) in [5.41, 5.74) is 0. The van der Waals surface area contributed by atoms with Crippen molar-refractivity contribution in [2.45, 2.75) is 33.2 Å². The van der Waals surface area contributed by atoms with Crippen LogP contribution in [0.2, 0.25) is 0 Å². The van der Waals surface area contributed by atoms with E-state index in [9.17, 15) is 14.4 Å². The number of carboxylic acids is 2. The minimum Gasteiger partial charge on any atom is -0.481 e. The van der Waals surface area contributed by atoms with E-state index in [4.69, 9.17) is 10.2 Å². The van der Waals surface area contributed by atoms with E-state index in [0.29, 0.717) is 12.5 Å². The van der Waals surface area contributed by atoms with Gasteiger partial charge in [0.25, 0.3) is 0 Å². The number of carboxylic acid groups (broad SMARTS) is 2. The van der Waals surface area contributed by atoms with E-state index in [1.165, 1.54) is 0 Å². The molecule has 0 radical (unpaired) electrons. The summed E-state index contributed by atoms with van der Waals surface area (Å²) in [4.78, 5) is 32.5. The van der Waals surface area contributed by atoms with Gasteiger partial charge in [-0.2, -0.15) is 0 Å². The van der Waals surface area contributed by atoms with E-state index in [-0.39, 0.29) is 5.92 Å². The summed E-state index contributed by atoms with van der Waals surface area (Å²) >= 11 is 0. The maximum absolute atomic E-state index is 11.4. The zero-order chi connectivity index (χ0) is 14.3. The van der Waals surface area contributed by atoms with Crippen molar-refractivity contribution in [1.29, 1.82) is 0 Å². The van der Waals surface area contributed by atoms with E-state index in [0.717, 1.165) is 0 Å². The van der Waals surface area contributed by atoms with Crippen molar-refractivity contribution in [3.8, 4) is 0 Å². The van der Waals surface area contributed by atoms with Gasteiger partial charge in [-0.1, -0.05) is 20.8 Å². The molecule has 104 valence electrons. The number of amides is 2. The molecule has 7 heteroatoms. The molecule has 4 N–H and O–H groups in total. The Kier molecular flexibility index (Phi) is 6.77. The molecule has 1 unspecified atom stereocenters. The van der Waals surface area contributed by atoms with Gasteiger partial charge in [0.1, 0.15) is 6.04 Å². The molecule has 2 atom stereocenters. The van der Waals surface area contributed by atoms with Crippen LogP contribution in [0.25, 0.3) is 0 Å². The second-order valence-electron chi connectivity index (χ2n) is 4.56. The highest BCUT2D eigenvalue weighted by Crippen LogP contribution is 2.07. The van der Waals surface area contributed by atoms with Crippen LogP contribution >= 0.6 is 0 Å². The van der Waals surface area contributed by atoms with E-state index in [1.54, 1.807) is 0 Å². The molecule has 2 amide bonds. The monoisotopic (exact) mass is 260 g/mol. The Balaban J connectivity index is 4.18. The second kappa shape index (κ2) is 7.52. The van der Waals surface area contributed by atoms with Gasteiger partial charge in [0.2, 0.25) is 0 Å². The molecule has 7 nitrogen and oxygen atoms in total. The predicted molar refractivity (Wildman–Crippen MR) is 64.2 cm³/mol. The first-order valence-electron chi connectivity index (χ1n) is 5.73. The first kappa shape index (κ1) is 16.2. The van der Waals surface area contributed by atoms with Crippen LogP contribution in [0.3, 0.4) is 0 Å². The number of rotatable bonds is 7. The summed E-state index contributed by atoms with van der Waals surface area (Å²) in [5, 5.41) is 21.9. The molecule has 0 saturated carbocycles. The fourth-order valence-corrected chi connectivity index (χ4v) is 1.07. The topological polar surface area (TPSA) is 116 Å².